The number of fused-ring (bicyclic) bond motifs is 6. The molecule has 178 valence electrons. The van der Waals surface area contributed by atoms with Crippen molar-refractivity contribution in [2.75, 3.05) is 0 Å². The van der Waals surface area contributed by atoms with Gasteiger partial charge in [-0.15, -0.1) is 0 Å². The molecule has 0 nitrogen and oxygen atoms in total. The normalized spacial score (nSPS) is 11.9. The van der Waals surface area contributed by atoms with Gasteiger partial charge in [0.25, 0.3) is 0 Å². The van der Waals surface area contributed by atoms with Gasteiger partial charge in [0.05, 0.1) is 0 Å². The van der Waals surface area contributed by atoms with Gasteiger partial charge in [0, 0.05) is 4.47 Å². The summed E-state index contributed by atoms with van der Waals surface area (Å²) in [7, 11) is 0. The second kappa shape index (κ2) is 8.15. The molecule has 1 aliphatic rings. The molecular formula is C37H23Br. The van der Waals surface area contributed by atoms with Crippen LogP contribution in [0, 0.1) is 6.92 Å². The average molecular weight is 547 g/mol. The second-order valence-electron chi connectivity index (χ2n) is 10.3. The van der Waals surface area contributed by atoms with E-state index in [9.17, 15) is 0 Å². The van der Waals surface area contributed by atoms with Gasteiger partial charge in [-0.05, 0) is 108 Å². The Kier molecular flexibility index (Phi) is 4.68. The molecule has 0 unspecified atom stereocenters. The maximum atomic E-state index is 3.87. The molecule has 38 heavy (non-hydrogen) atoms. The molecule has 8 rings (SSSR count). The molecule has 0 aliphatic heterocycles. The highest BCUT2D eigenvalue weighted by Crippen LogP contribution is 2.58. The van der Waals surface area contributed by atoms with E-state index in [1.165, 1.54) is 82.4 Å². The minimum Gasteiger partial charge on any atom is -0.0622 e. The molecule has 0 heterocycles. The Labute approximate surface area is 230 Å². The lowest BCUT2D eigenvalue weighted by atomic mass is 9.82. The number of rotatable bonds is 2. The van der Waals surface area contributed by atoms with Crippen molar-refractivity contribution < 1.29 is 0 Å². The zero-order chi connectivity index (χ0) is 25.4. The van der Waals surface area contributed by atoms with E-state index in [4.69, 9.17) is 0 Å². The van der Waals surface area contributed by atoms with Crippen LogP contribution in [-0.2, 0) is 0 Å². The lowest BCUT2D eigenvalue weighted by Gasteiger charge is -2.21. The summed E-state index contributed by atoms with van der Waals surface area (Å²) >= 11 is 3.87. The van der Waals surface area contributed by atoms with Crippen LogP contribution in [0.5, 0.6) is 0 Å². The van der Waals surface area contributed by atoms with Crippen molar-refractivity contribution in [3.8, 4) is 44.5 Å². The van der Waals surface area contributed by atoms with E-state index in [1.807, 2.05) is 0 Å². The van der Waals surface area contributed by atoms with E-state index < -0.39 is 0 Å². The van der Waals surface area contributed by atoms with E-state index in [0.29, 0.717) is 0 Å². The zero-order valence-corrected chi connectivity index (χ0v) is 22.5. The van der Waals surface area contributed by atoms with Crippen molar-refractivity contribution in [1.82, 2.24) is 0 Å². The third-order valence-electron chi connectivity index (χ3n) is 8.14. The van der Waals surface area contributed by atoms with Crippen LogP contribution in [0.1, 0.15) is 5.56 Å². The summed E-state index contributed by atoms with van der Waals surface area (Å²) in [6.45, 7) is 2.19. The first-order valence-corrected chi connectivity index (χ1v) is 13.9. The first-order chi connectivity index (χ1) is 18.7. The van der Waals surface area contributed by atoms with Crippen LogP contribution in [0.2, 0.25) is 0 Å². The number of halogens is 1. The summed E-state index contributed by atoms with van der Waals surface area (Å²) in [5.41, 5.74) is 11.7. The van der Waals surface area contributed by atoms with Gasteiger partial charge in [-0.2, -0.15) is 0 Å². The van der Waals surface area contributed by atoms with E-state index >= 15 is 0 Å². The Morgan fingerprint density at radius 2 is 1.03 bits per heavy atom. The van der Waals surface area contributed by atoms with Crippen molar-refractivity contribution in [2.24, 2.45) is 0 Å². The fourth-order valence-corrected chi connectivity index (χ4v) is 6.87. The molecular weight excluding hydrogens is 524 g/mol. The first kappa shape index (κ1) is 21.8. The molecule has 0 aromatic heterocycles. The van der Waals surface area contributed by atoms with E-state index in [2.05, 4.69) is 144 Å². The number of aryl methyl sites for hydroxylation is 1. The van der Waals surface area contributed by atoms with Crippen molar-refractivity contribution in [2.45, 2.75) is 6.92 Å². The smallest absolute Gasteiger partial charge is 0.0211 e. The predicted octanol–water partition coefficient (Wildman–Crippen LogP) is 11.2. The summed E-state index contributed by atoms with van der Waals surface area (Å²) in [6.07, 6.45) is 0. The molecule has 7 aromatic rings. The first-order valence-electron chi connectivity index (χ1n) is 13.1. The highest BCUT2D eigenvalue weighted by molar-refractivity contribution is 9.10. The Hall–Kier alpha value is -4.20. The third kappa shape index (κ3) is 2.97. The van der Waals surface area contributed by atoms with Gasteiger partial charge in [-0.3, -0.25) is 0 Å². The summed E-state index contributed by atoms with van der Waals surface area (Å²) in [6, 6.07) is 44.6. The number of hydrogen-bond donors (Lipinski definition) is 0. The predicted molar refractivity (Wildman–Crippen MR) is 167 cm³/mol. The third-order valence-corrected chi connectivity index (χ3v) is 8.99. The maximum Gasteiger partial charge on any atom is 0.0211 e. The Morgan fingerprint density at radius 3 is 1.74 bits per heavy atom. The van der Waals surface area contributed by atoms with Crippen LogP contribution in [0.25, 0.3) is 76.8 Å². The van der Waals surface area contributed by atoms with E-state index in [0.717, 1.165) is 4.47 Å². The van der Waals surface area contributed by atoms with E-state index in [-0.39, 0.29) is 0 Å². The summed E-state index contributed by atoms with van der Waals surface area (Å²) in [4.78, 5) is 0. The van der Waals surface area contributed by atoms with Crippen molar-refractivity contribution in [3.63, 3.8) is 0 Å². The van der Waals surface area contributed by atoms with Gasteiger partial charge < -0.3 is 0 Å². The summed E-state index contributed by atoms with van der Waals surface area (Å²) in [5.74, 6) is 0. The monoisotopic (exact) mass is 546 g/mol. The van der Waals surface area contributed by atoms with Gasteiger partial charge in [-0.25, -0.2) is 0 Å². The van der Waals surface area contributed by atoms with Crippen LogP contribution in [0.15, 0.2) is 126 Å². The number of hydrogen-bond acceptors (Lipinski definition) is 0. The highest BCUT2D eigenvalue weighted by atomic mass is 79.9. The standard InChI is InChI=1S/C37H23Br/c1-22-19-29-30(21-32(22)38)34(24-13-6-3-7-14-24)36-28-18-10-17-27-26-16-9-8-15-25(26)20-31(35(27)28)37(36)33(29)23-11-4-2-5-12-23/h2-21H,1H3. The quantitative estimate of drug-likeness (QED) is 0.189. The molecule has 1 aliphatic carbocycles. The molecule has 0 atom stereocenters. The SMILES string of the molecule is Cc1cc2c(-c3ccccc3)c3c(c(-c4ccccc4)c2cc1Br)-c1cccc2c1c-3cc1ccccc12. The minimum atomic E-state index is 1.14. The van der Waals surface area contributed by atoms with Gasteiger partial charge in [0.2, 0.25) is 0 Å². The minimum absolute atomic E-state index is 1.14. The van der Waals surface area contributed by atoms with E-state index in [1.54, 1.807) is 0 Å². The van der Waals surface area contributed by atoms with Crippen LogP contribution in [0.4, 0.5) is 0 Å². The lowest BCUT2D eigenvalue weighted by molar-refractivity contribution is 1.46. The molecule has 7 aromatic carbocycles. The van der Waals surface area contributed by atoms with Crippen LogP contribution < -0.4 is 0 Å². The largest absolute Gasteiger partial charge is 0.0622 e. The van der Waals surface area contributed by atoms with Crippen LogP contribution in [-0.4, -0.2) is 0 Å². The molecule has 0 bridgehead atoms. The molecule has 0 radical (unpaired) electrons. The van der Waals surface area contributed by atoms with Gasteiger partial charge in [-0.1, -0.05) is 119 Å². The van der Waals surface area contributed by atoms with Crippen molar-refractivity contribution >= 4 is 48.2 Å². The second-order valence-corrected chi connectivity index (χ2v) is 11.1. The number of benzene rings is 7. The Morgan fingerprint density at radius 1 is 0.447 bits per heavy atom. The summed E-state index contributed by atoms with van der Waals surface area (Å²) in [5, 5.41) is 7.86. The molecule has 0 amide bonds. The molecule has 1 heteroatoms. The zero-order valence-electron chi connectivity index (χ0n) is 20.9. The topological polar surface area (TPSA) is 0 Å². The fourth-order valence-electron chi connectivity index (χ4n) is 6.53. The molecule has 0 N–H and O–H groups in total. The maximum absolute atomic E-state index is 3.87. The molecule has 0 saturated carbocycles. The van der Waals surface area contributed by atoms with Gasteiger partial charge in [0.1, 0.15) is 0 Å². The lowest BCUT2D eigenvalue weighted by Crippen LogP contribution is -1.94. The van der Waals surface area contributed by atoms with Crippen LogP contribution >= 0.6 is 15.9 Å². The molecule has 0 saturated heterocycles. The summed E-state index contributed by atoms with van der Waals surface area (Å²) < 4.78 is 1.14. The van der Waals surface area contributed by atoms with Crippen molar-refractivity contribution in [1.29, 1.82) is 0 Å². The highest BCUT2D eigenvalue weighted by Gasteiger charge is 2.31. The average Bonchev–Trinajstić information content (AvgIpc) is 3.28. The van der Waals surface area contributed by atoms with Crippen LogP contribution in [0.3, 0.4) is 0 Å². The fraction of sp³-hybridized carbons (Fsp3) is 0.0270. The van der Waals surface area contributed by atoms with Gasteiger partial charge >= 0.3 is 0 Å². The molecule has 0 spiro atoms. The van der Waals surface area contributed by atoms with Crippen molar-refractivity contribution in [3.05, 3.63) is 131 Å². The Bertz CT molecular complexity index is 2070. The molecule has 0 fully saturated rings. The Balaban J connectivity index is 1.68. The van der Waals surface area contributed by atoms with Gasteiger partial charge in [0.15, 0.2) is 0 Å².